The average molecular weight is 482 g/mol. The van der Waals surface area contributed by atoms with Crippen LogP contribution in [0.3, 0.4) is 0 Å². The summed E-state index contributed by atoms with van der Waals surface area (Å²) in [5.41, 5.74) is 0.928. The summed E-state index contributed by atoms with van der Waals surface area (Å²) < 4.78 is 25.5. The highest BCUT2D eigenvalue weighted by molar-refractivity contribution is 7.88. The van der Waals surface area contributed by atoms with Crippen molar-refractivity contribution in [3.63, 3.8) is 0 Å². The normalized spacial score (nSPS) is 13.6. The Morgan fingerprint density at radius 2 is 1.94 bits per heavy atom. The number of rotatable bonds is 9. The highest BCUT2D eigenvalue weighted by Gasteiger charge is 2.30. The van der Waals surface area contributed by atoms with Crippen molar-refractivity contribution in [2.45, 2.75) is 26.3 Å². The molecule has 1 aliphatic carbocycles. The monoisotopic (exact) mass is 481 g/mol. The summed E-state index contributed by atoms with van der Waals surface area (Å²) >= 11 is 6.09. The minimum Gasteiger partial charge on any atom is -0.353 e. The zero-order valence-electron chi connectivity index (χ0n) is 17.6. The van der Waals surface area contributed by atoms with E-state index in [4.69, 9.17) is 11.6 Å². The zero-order chi connectivity index (χ0) is 23.5. The van der Waals surface area contributed by atoms with Crippen LogP contribution in [0.5, 0.6) is 0 Å². The minimum absolute atomic E-state index is 0.00401. The first-order valence-corrected chi connectivity index (χ1v) is 12.2. The number of aryl methyl sites for hydroxylation is 1. The lowest BCUT2D eigenvalue weighted by atomic mass is 10.1. The van der Waals surface area contributed by atoms with Crippen molar-refractivity contribution in [2.75, 3.05) is 24.7 Å². The van der Waals surface area contributed by atoms with Crippen molar-refractivity contribution < 1.29 is 18.0 Å². The van der Waals surface area contributed by atoms with E-state index in [1.165, 1.54) is 10.6 Å². The number of halogens is 1. The van der Waals surface area contributed by atoms with Gasteiger partial charge in [-0.2, -0.15) is 0 Å². The summed E-state index contributed by atoms with van der Waals surface area (Å²) in [7, 11) is -3.34. The molecule has 0 atom stereocenters. The Morgan fingerprint density at radius 1 is 1.22 bits per heavy atom. The second kappa shape index (κ2) is 9.80. The number of anilines is 1. The summed E-state index contributed by atoms with van der Waals surface area (Å²) in [5, 5.41) is 5.83. The quantitative estimate of drug-likeness (QED) is 0.454. The fraction of sp³-hybridized carbons (Fsp3) is 0.400. The highest BCUT2D eigenvalue weighted by Crippen LogP contribution is 2.33. The van der Waals surface area contributed by atoms with Crippen LogP contribution in [0.15, 0.2) is 29.1 Å². The topological polar surface area (TPSA) is 139 Å². The van der Waals surface area contributed by atoms with Gasteiger partial charge >= 0.3 is 0 Å². The van der Waals surface area contributed by atoms with Gasteiger partial charge in [-0.1, -0.05) is 11.6 Å². The number of benzene rings is 1. The predicted molar refractivity (Wildman–Crippen MR) is 121 cm³/mol. The molecule has 0 radical (unpaired) electrons. The Balaban J connectivity index is 1.75. The van der Waals surface area contributed by atoms with Crippen LogP contribution < -0.4 is 20.9 Å². The lowest BCUT2D eigenvalue weighted by molar-refractivity contribution is -0.121. The van der Waals surface area contributed by atoms with Crippen molar-refractivity contribution >= 4 is 39.1 Å². The number of sulfonamides is 1. The fourth-order valence-corrected chi connectivity index (χ4v) is 3.66. The molecule has 32 heavy (non-hydrogen) atoms. The molecular weight excluding hydrogens is 458 g/mol. The van der Waals surface area contributed by atoms with Crippen LogP contribution in [-0.4, -0.2) is 49.1 Å². The molecule has 2 aromatic rings. The Kier molecular flexibility index (Phi) is 7.32. The maximum absolute atomic E-state index is 12.7. The zero-order valence-corrected chi connectivity index (χ0v) is 19.2. The van der Waals surface area contributed by atoms with Gasteiger partial charge in [0.1, 0.15) is 12.4 Å². The van der Waals surface area contributed by atoms with Gasteiger partial charge in [-0.05, 0) is 38.0 Å². The molecule has 3 N–H and O–H groups in total. The molecule has 10 nitrogen and oxygen atoms in total. The van der Waals surface area contributed by atoms with Gasteiger partial charge in [-0.15, -0.1) is 0 Å². The maximum Gasteiger partial charge on any atom is 0.254 e. The lowest BCUT2D eigenvalue weighted by Crippen LogP contribution is -2.38. The van der Waals surface area contributed by atoms with Gasteiger partial charge in [0, 0.05) is 35.7 Å². The second-order valence-electron chi connectivity index (χ2n) is 7.58. The van der Waals surface area contributed by atoms with Gasteiger partial charge in [-0.25, -0.2) is 18.1 Å². The van der Waals surface area contributed by atoms with Crippen LogP contribution in [0.4, 0.5) is 5.69 Å². The van der Waals surface area contributed by atoms with E-state index in [9.17, 15) is 22.8 Å². The van der Waals surface area contributed by atoms with Crippen molar-refractivity contribution in [1.82, 2.24) is 19.6 Å². The number of amides is 2. The van der Waals surface area contributed by atoms with Gasteiger partial charge in [0.05, 0.1) is 17.6 Å². The first-order valence-electron chi connectivity index (χ1n) is 9.94. The molecular formula is C20H24ClN5O5S. The van der Waals surface area contributed by atoms with E-state index in [1.807, 2.05) is 0 Å². The number of carbonyl (C=O) groups is 2. The van der Waals surface area contributed by atoms with Crippen molar-refractivity contribution in [3.05, 3.63) is 45.5 Å². The highest BCUT2D eigenvalue weighted by atomic mass is 35.5. The van der Waals surface area contributed by atoms with E-state index in [2.05, 4.69) is 20.3 Å². The number of nitrogens with zero attached hydrogens (tertiary/aromatic N) is 2. The Labute approximate surface area is 190 Å². The molecule has 1 aliphatic rings. The number of aromatic nitrogens is 2. The van der Waals surface area contributed by atoms with Crippen molar-refractivity contribution in [2.24, 2.45) is 5.92 Å². The number of nitrogens with one attached hydrogen (secondary N) is 3. The lowest BCUT2D eigenvalue weighted by Gasteiger charge is -2.14. The molecule has 12 heteroatoms. The standard InChI is InChI=1S/C20H24ClN5O5S/c1-12-24-17(15-6-5-14(21)9-16(15)25-20(29)13-3-4-13)10-19(28)26(12)11-18(27)22-7-8-23-32(2,30)31/h5-6,9-10,13,23H,3-4,7-8,11H2,1-2H3,(H,22,27)(H,25,29). The van der Waals surface area contributed by atoms with Crippen LogP contribution in [0.2, 0.25) is 5.02 Å². The molecule has 3 rings (SSSR count). The fourth-order valence-electron chi connectivity index (χ4n) is 3.01. The summed E-state index contributed by atoms with van der Waals surface area (Å²) in [6, 6.07) is 6.22. The minimum atomic E-state index is -3.34. The van der Waals surface area contributed by atoms with Crippen molar-refractivity contribution in [3.8, 4) is 11.3 Å². The van der Waals surface area contributed by atoms with E-state index in [-0.39, 0.29) is 31.5 Å². The van der Waals surface area contributed by atoms with Gasteiger partial charge in [-0.3, -0.25) is 19.0 Å². The van der Waals surface area contributed by atoms with E-state index >= 15 is 0 Å². The van der Waals surface area contributed by atoms with Crippen LogP contribution in [0.25, 0.3) is 11.3 Å². The average Bonchev–Trinajstić information content (AvgIpc) is 3.53. The molecule has 0 unspecified atom stereocenters. The smallest absolute Gasteiger partial charge is 0.254 e. The SMILES string of the molecule is Cc1nc(-c2ccc(Cl)cc2NC(=O)C2CC2)cc(=O)n1CC(=O)NCCNS(C)(=O)=O. The van der Waals surface area contributed by atoms with Crippen LogP contribution in [0, 0.1) is 12.8 Å². The van der Waals surface area contributed by atoms with Crippen molar-refractivity contribution in [1.29, 1.82) is 0 Å². The van der Waals surface area contributed by atoms with E-state index in [1.54, 1.807) is 25.1 Å². The first-order chi connectivity index (χ1) is 15.0. The summed E-state index contributed by atoms with van der Waals surface area (Å²) in [5.74, 6) is -0.244. The number of hydrogen-bond acceptors (Lipinski definition) is 6. The third-order valence-corrected chi connectivity index (χ3v) is 5.74. The van der Waals surface area contributed by atoms with Gasteiger partial charge in [0.2, 0.25) is 21.8 Å². The Morgan fingerprint density at radius 3 is 2.56 bits per heavy atom. The largest absolute Gasteiger partial charge is 0.353 e. The van der Waals surface area contributed by atoms with Crippen LogP contribution >= 0.6 is 11.6 Å². The summed E-state index contributed by atoms with van der Waals surface area (Å²) in [6.45, 7) is 1.46. The van der Waals surface area contributed by atoms with Crippen LogP contribution in [-0.2, 0) is 26.2 Å². The van der Waals surface area contributed by atoms with E-state index < -0.39 is 21.5 Å². The van der Waals surface area contributed by atoms with E-state index in [0.29, 0.717) is 27.8 Å². The second-order valence-corrected chi connectivity index (χ2v) is 9.85. The van der Waals surface area contributed by atoms with Gasteiger partial charge in [0.25, 0.3) is 5.56 Å². The summed E-state index contributed by atoms with van der Waals surface area (Å²) in [6.07, 6.45) is 2.72. The Bertz CT molecular complexity index is 1210. The molecule has 1 aromatic carbocycles. The van der Waals surface area contributed by atoms with Gasteiger partial charge < -0.3 is 10.6 Å². The first kappa shape index (κ1) is 23.9. The molecule has 1 aromatic heterocycles. The summed E-state index contributed by atoms with van der Waals surface area (Å²) in [4.78, 5) is 41.5. The molecule has 1 heterocycles. The predicted octanol–water partition coefficient (Wildman–Crippen LogP) is 0.886. The molecule has 1 saturated carbocycles. The maximum atomic E-state index is 12.7. The molecule has 1 fully saturated rings. The third-order valence-electron chi connectivity index (χ3n) is 4.78. The third kappa shape index (κ3) is 6.62. The van der Waals surface area contributed by atoms with Crippen LogP contribution in [0.1, 0.15) is 18.7 Å². The molecule has 0 aliphatic heterocycles. The number of hydrogen-bond donors (Lipinski definition) is 3. The Hall–Kier alpha value is -2.76. The molecule has 2 amide bonds. The van der Waals surface area contributed by atoms with E-state index in [0.717, 1.165) is 19.1 Å². The molecule has 172 valence electrons. The number of carbonyl (C=O) groups excluding carboxylic acids is 2. The van der Waals surface area contributed by atoms with Gasteiger partial charge in [0.15, 0.2) is 0 Å². The molecule has 0 bridgehead atoms. The molecule has 0 spiro atoms. The molecule has 0 saturated heterocycles.